The maximum atomic E-state index is 13.0. The second kappa shape index (κ2) is 13.7. The Morgan fingerprint density at radius 1 is 0.917 bits per heavy atom. The van der Waals surface area contributed by atoms with Gasteiger partial charge >= 0.3 is 12.1 Å². The van der Waals surface area contributed by atoms with Crippen molar-refractivity contribution >= 4 is 28.6 Å². The summed E-state index contributed by atoms with van der Waals surface area (Å²) in [5.74, 6) is -0.198. The third kappa shape index (κ3) is 8.78. The molecule has 3 heterocycles. The molecule has 0 aliphatic carbocycles. The number of rotatable bonds is 11. The second-order valence-corrected chi connectivity index (χ2v) is 15.6. The number of nitrogens with zero attached hydrogens (tertiary/aromatic N) is 3. The molecule has 0 fully saturated rings. The van der Waals surface area contributed by atoms with Crippen LogP contribution in [0.2, 0.25) is 0 Å². The number of benzene rings is 2. The molecule has 0 bridgehead atoms. The fourth-order valence-electron chi connectivity index (χ4n) is 5.36. The minimum Gasteiger partial charge on any atom is -0.487 e. The lowest BCUT2D eigenvalue weighted by atomic mass is 9.88. The highest BCUT2D eigenvalue weighted by Crippen LogP contribution is 2.44. The summed E-state index contributed by atoms with van der Waals surface area (Å²) < 4.78 is 47.1. The lowest BCUT2D eigenvalue weighted by Gasteiger charge is -2.24. The number of hydrogen-bond acceptors (Lipinski definition) is 5. The van der Waals surface area contributed by atoms with E-state index in [1.165, 1.54) is 6.07 Å². The monoisotopic (exact) mass is 675 g/mol. The molecule has 0 radical (unpaired) electrons. The van der Waals surface area contributed by atoms with Gasteiger partial charge in [-0.15, -0.1) is 11.8 Å². The number of alkyl halides is 3. The number of carbonyl (C=O) groups is 1. The first-order chi connectivity index (χ1) is 22.5. The number of thioether (sulfide) groups is 1. The summed E-state index contributed by atoms with van der Waals surface area (Å²) in [7, 11) is 0. The van der Waals surface area contributed by atoms with Crippen LogP contribution in [0, 0.1) is 12.3 Å². The van der Waals surface area contributed by atoms with Crippen LogP contribution in [0.4, 0.5) is 13.2 Å². The molecule has 0 saturated heterocycles. The number of fused-ring (bicyclic) bond motifs is 1. The summed E-state index contributed by atoms with van der Waals surface area (Å²) in [5, 5.41) is 11.1. The van der Waals surface area contributed by atoms with E-state index in [0.29, 0.717) is 36.6 Å². The van der Waals surface area contributed by atoms with Crippen molar-refractivity contribution in [3.63, 3.8) is 0 Å². The Labute approximate surface area is 283 Å². The van der Waals surface area contributed by atoms with Gasteiger partial charge in [-0.2, -0.15) is 13.2 Å². The van der Waals surface area contributed by atoms with E-state index in [1.54, 1.807) is 37.7 Å². The Hall–Kier alpha value is -4.31. The van der Waals surface area contributed by atoms with Crippen molar-refractivity contribution < 1.29 is 27.8 Å². The molecule has 0 atom stereocenters. The third-order valence-electron chi connectivity index (χ3n) is 7.83. The zero-order valence-corrected chi connectivity index (χ0v) is 28.8. The predicted octanol–water partition coefficient (Wildman–Crippen LogP) is 9.68. The minimum absolute atomic E-state index is 0.0315. The van der Waals surface area contributed by atoms with Crippen LogP contribution in [0.3, 0.4) is 0 Å². The molecule has 0 aliphatic rings. The molecule has 0 unspecified atom stereocenters. The Kier molecular flexibility index (Phi) is 9.97. The number of pyridine rings is 2. The average Bonchev–Trinajstić information content (AvgIpc) is 3.25. The SMILES string of the molecule is Cc1ccc(COc2ccc3c(c2)c(SC(C)(C)C)c(CC(C)(C)C(=O)O)n3Cc2ccc(-c3cccc(CC(F)(F)F)n3)cc2)nc1. The van der Waals surface area contributed by atoms with Crippen LogP contribution in [0.25, 0.3) is 22.2 Å². The van der Waals surface area contributed by atoms with E-state index in [2.05, 4.69) is 35.3 Å². The topological polar surface area (TPSA) is 77.2 Å². The van der Waals surface area contributed by atoms with Gasteiger partial charge in [0.1, 0.15) is 12.4 Å². The lowest BCUT2D eigenvalue weighted by Crippen LogP contribution is -2.28. The number of hydrogen-bond donors (Lipinski definition) is 1. The quantitative estimate of drug-likeness (QED) is 0.141. The average molecular weight is 676 g/mol. The Balaban J connectivity index is 1.54. The van der Waals surface area contributed by atoms with Crippen LogP contribution in [-0.2, 0) is 30.8 Å². The Morgan fingerprint density at radius 3 is 2.27 bits per heavy atom. The van der Waals surface area contributed by atoms with Gasteiger partial charge in [0.05, 0.1) is 28.9 Å². The van der Waals surface area contributed by atoms with Gasteiger partial charge in [0, 0.05) is 51.0 Å². The van der Waals surface area contributed by atoms with Gasteiger partial charge in [-0.25, -0.2) is 0 Å². The normalized spacial score (nSPS) is 12.4. The molecular formula is C38H40F3N3O3S. The molecule has 0 amide bonds. The van der Waals surface area contributed by atoms with Crippen molar-refractivity contribution in [1.82, 2.24) is 14.5 Å². The van der Waals surface area contributed by atoms with Gasteiger partial charge in [-0.05, 0) is 68.3 Å². The molecule has 48 heavy (non-hydrogen) atoms. The Bertz CT molecular complexity index is 1910. The van der Waals surface area contributed by atoms with Gasteiger partial charge in [0.25, 0.3) is 0 Å². The van der Waals surface area contributed by atoms with Crippen molar-refractivity contribution in [3.8, 4) is 17.0 Å². The van der Waals surface area contributed by atoms with Crippen LogP contribution in [0.15, 0.2) is 83.9 Å². The van der Waals surface area contributed by atoms with Crippen molar-refractivity contribution in [3.05, 3.63) is 107 Å². The first-order valence-corrected chi connectivity index (χ1v) is 16.5. The standard InChI is InChI=1S/C38H40F3N3O3S/c1-24-10-15-28(42-21-24)23-47-29-16-17-32-30(18-29)34(48-36(2,3)4)33(20-37(5,6)35(45)46)44(32)22-25-11-13-26(14-12-25)31-9-7-8-27(43-31)19-38(39,40)41/h7-18,21H,19-20,22-23H2,1-6H3,(H,45,46). The number of halogens is 3. The summed E-state index contributed by atoms with van der Waals surface area (Å²) in [6.07, 6.45) is -3.31. The minimum atomic E-state index is -4.34. The highest BCUT2D eigenvalue weighted by atomic mass is 32.2. The fourth-order valence-corrected chi connectivity index (χ4v) is 6.55. The summed E-state index contributed by atoms with van der Waals surface area (Å²) >= 11 is 1.70. The van der Waals surface area contributed by atoms with Crippen molar-refractivity contribution in [2.45, 2.75) is 83.4 Å². The van der Waals surface area contributed by atoms with Crippen molar-refractivity contribution in [2.24, 2.45) is 5.41 Å². The van der Waals surface area contributed by atoms with E-state index in [-0.39, 0.29) is 10.4 Å². The first kappa shape index (κ1) is 35.0. The number of carboxylic acid groups (broad SMARTS) is 1. The zero-order valence-electron chi connectivity index (χ0n) is 28.0. The number of carboxylic acids is 1. The second-order valence-electron chi connectivity index (χ2n) is 13.7. The smallest absolute Gasteiger partial charge is 0.394 e. The maximum absolute atomic E-state index is 13.0. The van der Waals surface area contributed by atoms with E-state index in [9.17, 15) is 23.1 Å². The van der Waals surface area contributed by atoms with Gasteiger partial charge < -0.3 is 14.4 Å². The zero-order chi connectivity index (χ0) is 34.9. The number of aryl methyl sites for hydroxylation is 1. The van der Waals surface area contributed by atoms with Crippen molar-refractivity contribution in [1.29, 1.82) is 0 Å². The van der Waals surface area contributed by atoms with Gasteiger partial charge in [-0.3, -0.25) is 14.8 Å². The molecule has 0 spiro atoms. The molecule has 6 nitrogen and oxygen atoms in total. The van der Waals surface area contributed by atoms with Crippen LogP contribution in [0.1, 0.15) is 62.8 Å². The van der Waals surface area contributed by atoms with Crippen LogP contribution >= 0.6 is 11.8 Å². The molecule has 3 aromatic heterocycles. The lowest BCUT2D eigenvalue weighted by molar-refractivity contribution is -0.146. The first-order valence-electron chi connectivity index (χ1n) is 15.7. The van der Waals surface area contributed by atoms with Crippen LogP contribution in [-0.4, -0.2) is 36.5 Å². The highest BCUT2D eigenvalue weighted by molar-refractivity contribution is 8.00. The van der Waals surface area contributed by atoms with Gasteiger partial charge in [0.15, 0.2) is 0 Å². The largest absolute Gasteiger partial charge is 0.487 e. The van der Waals surface area contributed by atoms with E-state index < -0.39 is 24.0 Å². The molecule has 5 aromatic rings. The fraction of sp³-hybridized carbons (Fsp3) is 0.342. The van der Waals surface area contributed by atoms with Crippen molar-refractivity contribution in [2.75, 3.05) is 0 Å². The molecule has 5 rings (SSSR count). The predicted molar refractivity (Wildman–Crippen MR) is 185 cm³/mol. The Morgan fingerprint density at radius 2 is 1.65 bits per heavy atom. The number of aliphatic carboxylic acids is 1. The molecule has 0 saturated carbocycles. The van der Waals surface area contributed by atoms with Crippen LogP contribution in [0.5, 0.6) is 5.75 Å². The molecule has 252 valence electrons. The molecule has 2 aromatic carbocycles. The molecular weight excluding hydrogens is 635 g/mol. The summed E-state index contributed by atoms with van der Waals surface area (Å²) in [5.41, 5.74) is 4.82. The summed E-state index contributed by atoms with van der Waals surface area (Å²) in [6.45, 7) is 12.6. The highest BCUT2D eigenvalue weighted by Gasteiger charge is 2.33. The summed E-state index contributed by atoms with van der Waals surface area (Å²) in [4.78, 5) is 22.1. The van der Waals surface area contributed by atoms with E-state index in [0.717, 1.165) is 38.3 Å². The molecule has 10 heteroatoms. The third-order valence-corrected chi connectivity index (χ3v) is 9.10. The van der Waals surface area contributed by atoms with Gasteiger partial charge in [-0.1, -0.05) is 57.2 Å². The van der Waals surface area contributed by atoms with E-state index in [1.807, 2.05) is 67.7 Å². The summed E-state index contributed by atoms with van der Waals surface area (Å²) in [6, 6.07) is 22.2. The van der Waals surface area contributed by atoms with Gasteiger partial charge in [0.2, 0.25) is 0 Å². The maximum Gasteiger partial charge on any atom is 0.394 e. The number of aromatic nitrogens is 3. The molecule has 0 aliphatic heterocycles. The number of ether oxygens (including phenoxy) is 1. The van der Waals surface area contributed by atoms with E-state index >= 15 is 0 Å². The van der Waals surface area contributed by atoms with E-state index in [4.69, 9.17) is 4.74 Å². The van der Waals surface area contributed by atoms with Crippen LogP contribution < -0.4 is 4.74 Å². The molecule has 1 N–H and O–H groups in total.